The van der Waals surface area contributed by atoms with Gasteiger partial charge in [-0.3, -0.25) is 4.98 Å². The molecule has 7 aromatic rings. The van der Waals surface area contributed by atoms with Gasteiger partial charge in [0, 0.05) is 24.8 Å². The van der Waals surface area contributed by atoms with E-state index in [-0.39, 0.29) is 42.5 Å². The molecule has 0 saturated heterocycles. The van der Waals surface area contributed by atoms with Gasteiger partial charge in [0.15, 0.2) is 5.95 Å². The van der Waals surface area contributed by atoms with E-state index >= 15 is 21.6 Å². The van der Waals surface area contributed by atoms with Gasteiger partial charge in [0.25, 0.3) is 0 Å². The largest absolute Gasteiger partial charge is 0.497 e. The van der Waals surface area contributed by atoms with Gasteiger partial charge in [-0.05, 0) is 69.9 Å². The van der Waals surface area contributed by atoms with E-state index in [2.05, 4.69) is 30.4 Å². The lowest BCUT2D eigenvalue weighted by atomic mass is 9.96. The molecule has 0 radical (unpaired) electrons. The summed E-state index contributed by atoms with van der Waals surface area (Å²) in [5.74, 6) is 1.28. The molecule has 0 atom stereocenters. The summed E-state index contributed by atoms with van der Waals surface area (Å²) in [6.07, 6.45) is -2.36. The lowest BCUT2D eigenvalue weighted by molar-refractivity contribution is -0.139. The second kappa shape index (κ2) is 15.3. The van der Waals surface area contributed by atoms with Crippen molar-refractivity contribution in [3.05, 3.63) is 120 Å². The average molecular weight is 786 g/mol. The van der Waals surface area contributed by atoms with Gasteiger partial charge >= 0.3 is 6.18 Å². The van der Waals surface area contributed by atoms with E-state index in [1.54, 1.807) is 72.8 Å². The number of nitrogen functional groups attached to an aromatic ring is 1. The molecule has 14 nitrogen and oxygen atoms in total. The van der Waals surface area contributed by atoms with Crippen molar-refractivity contribution in [2.45, 2.75) is 30.7 Å². The highest BCUT2D eigenvalue weighted by Gasteiger charge is 2.43. The average Bonchev–Trinajstić information content (AvgIpc) is 3.83. The molecule has 3 N–H and O–H groups in total. The zero-order valence-corrected chi connectivity index (χ0v) is 31.0. The molecule has 3 aromatic heterocycles. The third-order valence-corrected chi connectivity index (χ3v) is 10.8. The summed E-state index contributed by atoms with van der Waals surface area (Å²) in [5, 5.41) is 12.8. The fourth-order valence-corrected chi connectivity index (χ4v) is 8.02. The fraction of sp³-hybridized carbons (Fsp3) is 0.184. The number of hydrogen-bond donors (Lipinski definition) is 2. The normalized spacial score (nSPS) is 12.0. The molecule has 0 unspecified atom stereocenters. The van der Waals surface area contributed by atoms with Gasteiger partial charge in [0.2, 0.25) is 15.8 Å². The van der Waals surface area contributed by atoms with Crippen LogP contribution in [0.3, 0.4) is 0 Å². The number of imidazole rings is 1. The van der Waals surface area contributed by atoms with Gasteiger partial charge in [-0.2, -0.15) is 22.3 Å². The molecule has 0 saturated carbocycles. The van der Waals surface area contributed by atoms with Crippen molar-refractivity contribution >= 4 is 27.0 Å². The molecular weight excluding hydrogens is 752 g/mol. The number of aromatic amines is 1. The first-order valence-corrected chi connectivity index (χ1v) is 18.3. The maximum atomic E-state index is 15.3. The number of nitrogens with two attached hydrogens (primary N) is 1. The molecule has 0 fully saturated rings. The van der Waals surface area contributed by atoms with E-state index in [0.29, 0.717) is 39.4 Å². The molecule has 7 rings (SSSR count). The van der Waals surface area contributed by atoms with Crippen LogP contribution in [0.1, 0.15) is 22.3 Å². The Labute approximate surface area is 318 Å². The molecule has 3 heterocycles. The molecule has 288 valence electrons. The van der Waals surface area contributed by atoms with Crippen LogP contribution in [0, 0.1) is 0 Å². The minimum absolute atomic E-state index is 0.0103. The fourth-order valence-electron chi connectivity index (χ4n) is 6.20. The van der Waals surface area contributed by atoms with Crippen LogP contribution in [0.2, 0.25) is 0 Å². The molecule has 0 aliphatic rings. The quantitative estimate of drug-likeness (QED) is 0.133. The second-order valence-electron chi connectivity index (χ2n) is 12.5. The van der Waals surface area contributed by atoms with E-state index < -0.39 is 32.2 Å². The zero-order valence-electron chi connectivity index (χ0n) is 30.2. The van der Waals surface area contributed by atoms with Crippen LogP contribution in [0.25, 0.3) is 33.5 Å². The smallest absolute Gasteiger partial charge is 0.417 e. The standard InChI is InChI=1S/C38H34F3N9O5S/c1-53-26-10-4-23(5-11-26)20-49(21-24-6-12-27(54-2)13-7-24)56(51,52)35-31(38(39,40)41)17-16-29(30-18-43-19-32-34(30)45-37(42)44-32)33(35)36-46-48-50(47-36)22-25-8-14-28(55-3)15-9-25/h4-19H,20-22H2,1-3H3,(H3,42,44,45). The monoisotopic (exact) mass is 785 g/mol. The maximum Gasteiger partial charge on any atom is 0.417 e. The Hall–Kier alpha value is -6.53. The number of benzene rings is 4. The summed E-state index contributed by atoms with van der Waals surface area (Å²) in [5.41, 5.74) is 6.61. The van der Waals surface area contributed by atoms with Crippen molar-refractivity contribution in [2.24, 2.45) is 0 Å². The minimum atomic E-state index is -5.15. The number of fused-ring (bicyclic) bond motifs is 1. The van der Waals surface area contributed by atoms with E-state index in [1.165, 1.54) is 33.7 Å². The molecule has 0 aliphatic heterocycles. The van der Waals surface area contributed by atoms with Crippen molar-refractivity contribution in [3.8, 4) is 39.8 Å². The van der Waals surface area contributed by atoms with Crippen molar-refractivity contribution in [3.63, 3.8) is 0 Å². The Balaban J connectivity index is 1.47. The third kappa shape index (κ3) is 7.69. The number of methoxy groups -OCH3 is 3. The first-order valence-electron chi connectivity index (χ1n) is 16.9. The van der Waals surface area contributed by atoms with Crippen LogP contribution in [0.15, 0.2) is 102 Å². The molecule has 0 amide bonds. The van der Waals surface area contributed by atoms with Gasteiger partial charge < -0.3 is 24.9 Å². The number of pyridine rings is 1. The Morgan fingerprint density at radius 1 is 0.768 bits per heavy atom. The van der Waals surface area contributed by atoms with Gasteiger partial charge in [-0.1, -0.05) is 42.5 Å². The number of rotatable bonds is 13. The van der Waals surface area contributed by atoms with Crippen molar-refractivity contribution < 1.29 is 35.8 Å². The van der Waals surface area contributed by atoms with Crippen LogP contribution in [-0.4, -0.2) is 69.2 Å². The van der Waals surface area contributed by atoms with Crippen LogP contribution in [0.5, 0.6) is 17.2 Å². The molecule has 56 heavy (non-hydrogen) atoms. The van der Waals surface area contributed by atoms with E-state index in [4.69, 9.17) is 19.9 Å². The lowest BCUT2D eigenvalue weighted by Gasteiger charge is -2.27. The number of nitrogens with zero attached hydrogens (tertiary/aromatic N) is 7. The minimum Gasteiger partial charge on any atom is -0.497 e. The van der Waals surface area contributed by atoms with E-state index in [1.807, 2.05) is 0 Å². The molecule has 0 bridgehead atoms. The van der Waals surface area contributed by atoms with Crippen molar-refractivity contribution in [1.29, 1.82) is 0 Å². The number of aromatic nitrogens is 7. The topological polar surface area (TPSA) is 176 Å². The summed E-state index contributed by atoms with van der Waals surface area (Å²) in [6.45, 7) is -0.571. The number of nitrogens with one attached hydrogen (secondary N) is 1. The van der Waals surface area contributed by atoms with E-state index in [0.717, 1.165) is 26.8 Å². The Bertz CT molecular complexity index is 2550. The van der Waals surface area contributed by atoms with Gasteiger partial charge in [0.05, 0.1) is 50.7 Å². The number of hydrogen-bond acceptors (Lipinski definition) is 11. The molecule has 0 aliphatic carbocycles. The zero-order chi connectivity index (χ0) is 39.6. The van der Waals surface area contributed by atoms with Crippen LogP contribution in [0.4, 0.5) is 19.1 Å². The number of sulfonamides is 1. The van der Waals surface area contributed by atoms with E-state index in [9.17, 15) is 0 Å². The van der Waals surface area contributed by atoms with Crippen LogP contribution < -0.4 is 19.9 Å². The summed E-state index contributed by atoms with van der Waals surface area (Å²) in [7, 11) is -0.612. The van der Waals surface area contributed by atoms with Gasteiger partial charge in [-0.15, -0.1) is 10.2 Å². The predicted octanol–water partition coefficient (Wildman–Crippen LogP) is 6.34. The highest BCUT2D eigenvalue weighted by atomic mass is 32.2. The van der Waals surface area contributed by atoms with Crippen LogP contribution >= 0.6 is 0 Å². The highest BCUT2D eigenvalue weighted by molar-refractivity contribution is 7.89. The summed E-state index contributed by atoms with van der Waals surface area (Å²) in [4.78, 5) is 11.5. The molecule has 4 aromatic carbocycles. The number of tetrazole rings is 1. The van der Waals surface area contributed by atoms with Crippen molar-refractivity contribution in [2.75, 3.05) is 27.1 Å². The number of alkyl halides is 3. The summed E-state index contributed by atoms with van der Waals surface area (Å²) in [6, 6.07) is 22.0. The molecule has 0 spiro atoms. The molecule has 18 heteroatoms. The second-order valence-corrected chi connectivity index (χ2v) is 14.4. The Kier molecular flexibility index (Phi) is 10.3. The SMILES string of the molecule is COc1ccc(CN(Cc2ccc(OC)cc2)S(=O)(=O)c2c(C(F)(F)F)ccc(-c3cncc4nc(N)[nH]c34)c2-c2nnn(Cc3ccc(OC)cc3)n2)cc1. The van der Waals surface area contributed by atoms with Gasteiger partial charge in [0.1, 0.15) is 27.7 Å². The van der Waals surface area contributed by atoms with Crippen molar-refractivity contribution in [1.82, 2.24) is 39.5 Å². The number of halogens is 3. The summed E-state index contributed by atoms with van der Waals surface area (Å²) < 4.78 is 93.1. The van der Waals surface area contributed by atoms with Crippen LogP contribution in [-0.2, 0) is 35.8 Å². The number of H-pyrrole nitrogens is 1. The van der Waals surface area contributed by atoms with Gasteiger partial charge in [-0.25, -0.2) is 13.4 Å². The predicted molar refractivity (Wildman–Crippen MR) is 200 cm³/mol. The first kappa shape index (κ1) is 37.8. The Morgan fingerprint density at radius 2 is 1.32 bits per heavy atom. The third-order valence-electron chi connectivity index (χ3n) is 8.97. The summed E-state index contributed by atoms with van der Waals surface area (Å²) >= 11 is 0. The lowest BCUT2D eigenvalue weighted by Crippen LogP contribution is -2.32. The highest BCUT2D eigenvalue weighted by Crippen LogP contribution is 2.46. The maximum absolute atomic E-state index is 15.3. The number of ether oxygens (including phenoxy) is 3. The Morgan fingerprint density at radius 3 is 1.86 bits per heavy atom. The first-order chi connectivity index (χ1) is 26.9. The number of anilines is 1. The molecular formula is C38H34F3N9O5S.